The van der Waals surface area contributed by atoms with Crippen LogP contribution in [-0.4, -0.2) is 54.0 Å². The number of benzene rings is 1. The topological polar surface area (TPSA) is 71.0 Å². The number of carbonyl (C=O) groups excluding carboxylic acids is 1. The number of amides is 1. The van der Waals surface area contributed by atoms with Crippen molar-refractivity contribution >= 4 is 27.7 Å². The van der Waals surface area contributed by atoms with Gasteiger partial charge in [-0.3, -0.25) is 0 Å². The van der Waals surface area contributed by atoms with E-state index in [1.54, 1.807) is 20.8 Å². The van der Waals surface area contributed by atoms with Crippen molar-refractivity contribution in [3.05, 3.63) is 22.4 Å². The van der Waals surface area contributed by atoms with E-state index in [0.717, 1.165) is 0 Å². The Hall–Kier alpha value is -1.54. The first-order valence-corrected chi connectivity index (χ1v) is 8.85. The molecule has 6 nitrogen and oxygen atoms in total. The van der Waals surface area contributed by atoms with Crippen LogP contribution in [0.5, 0.6) is 5.75 Å². The summed E-state index contributed by atoms with van der Waals surface area (Å²) in [5.41, 5.74) is -0.127. The minimum absolute atomic E-state index is 0.147. The minimum atomic E-state index is -0.808. The first-order chi connectivity index (χ1) is 11.6. The first-order valence-electron chi connectivity index (χ1n) is 8.06. The van der Waals surface area contributed by atoms with Gasteiger partial charge in [0.15, 0.2) is 0 Å². The molecule has 8 heteroatoms. The van der Waals surface area contributed by atoms with E-state index in [2.05, 4.69) is 21.2 Å². The van der Waals surface area contributed by atoms with Crippen molar-refractivity contribution in [2.24, 2.45) is 0 Å². The van der Waals surface area contributed by atoms with Gasteiger partial charge in [-0.2, -0.15) is 0 Å². The predicted molar refractivity (Wildman–Crippen MR) is 96.5 cm³/mol. The summed E-state index contributed by atoms with van der Waals surface area (Å²) in [7, 11) is 1.49. The molecule has 0 saturated carbocycles. The standard InChI is InChI=1S/C17H24BrFN2O4/c1-17(2,3)25-16(23)21-6-5-12(14(22)9-21)20-13-8-11(19)10(18)7-15(13)24-4/h7-8,12,14,20,22H,5-6,9H2,1-4H3. The highest BCUT2D eigenvalue weighted by Crippen LogP contribution is 2.32. The Kier molecular flexibility index (Phi) is 6.16. The molecule has 0 aliphatic carbocycles. The van der Waals surface area contributed by atoms with Gasteiger partial charge in [-0.25, -0.2) is 9.18 Å². The average molecular weight is 419 g/mol. The number of anilines is 1. The van der Waals surface area contributed by atoms with E-state index < -0.39 is 23.6 Å². The Morgan fingerprint density at radius 3 is 2.68 bits per heavy atom. The molecule has 1 amide bonds. The number of aliphatic hydroxyl groups is 1. The van der Waals surface area contributed by atoms with Crippen molar-refractivity contribution in [2.75, 3.05) is 25.5 Å². The number of aliphatic hydroxyl groups excluding tert-OH is 1. The number of methoxy groups -OCH3 is 1. The van der Waals surface area contributed by atoms with Crippen molar-refractivity contribution in [1.82, 2.24) is 4.90 Å². The highest BCUT2D eigenvalue weighted by atomic mass is 79.9. The third-order valence-corrected chi connectivity index (χ3v) is 4.42. The van der Waals surface area contributed by atoms with Crippen LogP contribution in [0.3, 0.4) is 0 Å². The summed E-state index contributed by atoms with van der Waals surface area (Å²) < 4.78 is 24.7. The second-order valence-corrected chi connectivity index (χ2v) is 7.85. The molecule has 1 fully saturated rings. The smallest absolute Gasteiger partial charge is 0.410 e. The molecule has 0 aromatic heterocycles. The largest absolute Gasteiger partial charge is 0.495 e. The van der Waals surface area contributed by atoms with Crippen LogP contribution >= 0.6 is 15.9 Å². The molecule has 1 aliphatic heterocycles. The lowest BCUT2D eigenvalue weighted by Crippen LogP contribution is -2.52. The molecule has 1 aliphatic rings. The van der Waals surface area contributed by atoms with E-state index in [4.69, 9.17) is 9.47 Å². The third-order valence-electron chi connectivity index (χ3n) is 3.82. The van der Waals surface area contributed by atoms with Gasteiger partial charge in [0.1, 0.15) is 17.2 Å². The van der Waals surface area contributed by atoms with Crippen molar-refractivity contribution in [2.45, 2.75) is 44.9 Å². The van der Waals surface area contributed by atoms with Crippen molar-refractivity contribution in [3.63, 3.8) is 0 Å². The summed E-state index contributed by atoms with van der Waals surface area (Å²) >= 11 is 3.12. The lowest BCUT2D eigenvalue weighted by molar-refractivity contribution is 0.00117. The maximum atomic E-state index is 13.8. The Morgan fingerprint density at radius 2 is 2.12 bits per heavy atom. The minimum Gasteiger partial charge on any atom is -0.495 e. The number of β-amino-alcohol motifs (C(OH)–C–C–N with tert-alkyl or cyclic N) is 1. The molecule has 1 saturated heterocycles. The second kappa shape index (κ2) is 7.78. The van der Waals surface area contributed by atoms with E-state index in [1.807, 2.05) is 0 Å². The second-order valence-electron chi connectivity index (χ2n) is 7.00. The lowest BCUT2D eigenvalue weighted by Gasteiger charge is -2.37. The van der Waals surface area contributed by atoms with Crippen LogP contribution in [0, 0.1) is 5.82 Å². The number of rotatable bonds is 3. The summed E-state index contributed by atoms with van der Waals surface area (Å²) in [6, 6.07) is 2.52. The van der Waals surface area contributed by atoms with E-state index in [1.165, 1.54) is 24.1 Å². The Morgan fingerprint density at radius 1 is 1.44 bits per heavy atom. The number of piperidine rings is 1. The van der Waals surface area contributed by atoms with E-state index in [9.17, 15) is 14.3 Å². The predicted octanol–water partition coefficient (Wildman–Crippen LogP) is 3.38. The van der Waals surface area contributed by atoms with Crippen LogP contribution in [0.1, 0.15) is 27.2 Å². The third kappa shape index (κ3) is 5.22. The molecular formula is C17H24BrFN2O4. The van der Waals surface area contributed by atoms with Gasteiger partial charge in [-0.1, -0.05) is 0 Å². The monoisotopic (exact) mass is 418 g/mol. The Bertz CT molecular complexity index is 636. The zero-order valence-corrected chi connectivity index (χ0v) is 16.4. The van der Waals surface area contributed by atoms with Crippen LogP contribution < -0.4 is 10.1 Å². The normalized spacial score (nSPS) is 21.0. The highest BCUT2D eigenvalue weighted by molar-refractivity contribution is 9.10. The number of carbonyl (C=O) groups is 1. The number of hydrogen-bond acceptors (Lipinski definition) is 5. The van der Waals surface area contributed by atoms with E-state index in [0.29, 0.717) is 28.9 Å². The van der Waals surface area contributed by atoms with Crippen molar-refractivity contribution < 1.29 is 23.8 Å². The molecule has 0 spiro atoms. The molecule has 2 rings (SSSR count). The molecule has 2 atom stereocenters. The van der Waals surface area contributed by atoms with Crippen LogP contribution in [0.2, 0.25) is 0 Å². The zero-order valence-electron chi connectivity index (χ0n) is 14.8. The van der Waals surface area contributed by atoms with Gasteiger partial charge in [-0.05, 0) is 49.2 Å². The number of nitrogens with one attached hydrogen (secondary N) is 1. The van der Waals surface area contributed by atoms with Gasteiger partial charge in [0.2, 0.25) is 0 Å². The van der Waals surface area contributed by atoms with Gasteiger partial charge in [0.05, 0.1) is 36.0 Å². The molecule has 2 unspecified atom stereocenters. The first kappa shape index (κ1) is 19.8. The summed E-state index contributed by atoms with van der Waals surface area (Å²) in [4.78, 5) is 13.6. The lowest BCUT2D eigenvalue weighted by atomic mass is 10.0. The summed E-state index contributed by atoms with van der Waals surface area (Å²) in [6.45, 7) is 5.97. The number of likely N-dealkylation sites (tertiary alicyclic amines) is 1. The number of hydrogen-bond donors (Lipinski definition) is 2. The van der Waals surface area contributed by atoms with E-state index in [-0.39, 0.29) is 12.6 Å². The van der Waals surface area contributed by atoms with E-state index >= 15 is 0 Å². The maximum absolute atomic E-state index is 13.8. The average Bonchev–Trinajstić information content (AvgIpc) is 2.50. The van der Waals surface area contributed by atoms with Crippen LogP contribution in [0.25, 0.3) is 0 Å². The molecule has 0 bridgehead atoms. The maximum Gasteiger partial charge on any atom is 0.410 e. The number of ether oxygens (including phenoxy) is 2. The van der Waals surface area contributed by atoms with Gasteiger partial charge >= 0.3 is 6.09 Å². The van der Waals surface area contributed by atoms with Crippen LogP contribution in [-0.2, 0) is 4.74 Å². The fraction of sp³-hybridized carbons (Fsp3) is 0.588. The molecule has 0 radical (unpaired) electrons. The Balaban J connectivity index is 2.03. The summed E-state index contributed by atoms with van der Waals surface area (Å²) in [5, 5.41) is 13.5. The van der Waals surface area contributed by atoms with Gasteiger partial charge < -0.3 is 24.8 Å². The quantitative estimate of drug-likeness (QED) is 0.786. The number of nitrogens with zero attached hydrogens (tertiary/aromatic N) is 1. The fourth-order valence-corrected chi connectivity index (χ4v) is 2.92. The number of halogens is 2. The van der Waals surface area contributed by atoms with Gasteiger partial charge in [0, 0.05) is 12.6 Å². The molecule has 2 N–H and O–H groups in total. The van der Waals surface area contributed by atoms with Gasteiger partial charge in [0.25, 0.3) is 0 Å². The highest BCUT2D eigenvalue weighted by Gasteiger charge is 2.33. The molecule has 1 heterocycles. The molecule has 1 aromatic rings. The SMILES string of the molecule is COc1cc(Br)c(F)cc1NC1CCN(C(=O)OC(C)(C)C)CC1O. The molecule has 1 aromatic carbocycles. The summed E-state index contributed by atoms with van der Waals surface area (Å²) in [6.07, 6.45) is -0.753. The zero-order chi connectivity index (χ0) is 18.8. The Labute approximate surface area is 155 Å². The van der Waals surface area contributed by atoms with Crippen LogP contribution in [0.15, 0.2) is 16.6 Å². The van der Waals surface area contributed by atoms with Gasteiger partial charge in [-0.15, -0.1) is 0 Å². The molecule has 140 valence electrons. The van der Waals surface area contributed by atoms with Crippen molar-refractivity contribution in [1.29, 1.82) is 0 Å². The van der Waals surface area contributed by atoms with Crippen LogP contribution in [0.4, 0.5) is 14.9 Å². The molecule has 25 heavy (non-hydrogen) atoms. The molecular weight excluding hydrogens is 395 g/mol. The summed E-state index contributed by atoms with van der Waals surface area (Å²) in [5.74, 6) is 0.0408. The fourth-order valence-electron chi connectivity index (χ4n) is 2.60. The van der Waals surface area contributed by atoms with Crippen molar-refractivity contribution in [3.8, 4) is 5.75 Å².